The number of nitrogens with zero attached hydrogens (tertiary/aromatic N) is 1. The predicted molar refractivity (Wildman–Crippen MR) is 181 cm³/mol. The second-order valence-corrected chi connectivity index (χ2v) is 12.7. The van der Waals surface area contributed by atoms with Gasteiger partial charge in [0.15, 0.2) is 0 Å². The number of aliphatic hydroxyl groups is 1. The van der Waals surface area contributed by atoms with Crippen LogP contribution in [0.4, 0.5) is 8.78 Å². The van der Waals surface area contributed by atoms with Crippen LogP contribution in [0.25, 0.3) is 0 Å². The van der Waals surface area contributed by atoms with Crippen LogP contribution in [0.2, 0.25) is 0 Å². The summed E-state index contributed by atoms with van der Waals surface area (Å²) in [6.07, 6.45) is 3.97. The summed E-state index contributed by atoms with van der Waals surface area (Å²) in [5.41, 5.74) is 2.92. The lowest BCUT2D eigenvalue weighted by molar-refractivity contribution is 0.0568. The Morgan fingerprint density at radius 2 is 1.70 bits per heavy atom. The molecule has 0 spiro atoms. The standard InChI is InChI=1S/C38H49F2N3O4/c1-5-15-43(16-6-2)38(46)30-18-25(3)17-29(23-30)37(45)42-34(22-27-19-31(39)24-32(40)20-27)36(44)33-21-26(13-14-41-33)11-12-28-9-7-8-10-35(28)47-4/h7-10,17-20,23-24,26,33-34,36,41,44H,5-6,11-16,21-22H2,1-4H3,(H,42,45)/t26-,33+,34-,36+/m0/s1. The first-order chi connectivity index (χ1) is 22.6. The Morgan fingerprint density at radius 1 is 1.02 bits per heavy atom. The average Bonchev–Trinajstić information content (AvgIpc) is 3.05. The SMILES string of the molecule is CCCN(CCC)C(=O)c1cc(C)cc(C(=O)N[C@@H](Cc2cc(F)cc(F)c2)[C@H](O)[C@H]2C[C@@H](CCc3ccccc3OC)CCN2)c1. The molecule has 254 valence electrons. The maximum absolute atomic E-state index is 14.2. The minimum Gasteiger partial charge on any atom is -0.496 e. The van der Waals surface area contributed by atoms with Crippen LogP contribution in [0.15, 0.2) is 60.7 Å². The van der Waals surface area contributed by atoms with Gasteiger partial charge in [-0.1, -0.05) is 32.0 Å². The average molecular weight is 650 g/mol. The molecule has 1 saturated heterocycles. The van der Waals surface area contributed by atoms with E-state index in [0.717, 1.165) is 55.0 Å². The number of amides is 2. The first kappa shape index (κ1) is 36.0. The van der Waals surface area contributed by atoms with E-state index in [9.17, 15) is 23.5 Å². The van der Waals surface area contributed by atoms with Crippen LogP contribution in [0.1, 0.15) is 83.4 Å². The molecule has 4 atom stereocenters. The predicted octanol–water partition coefficient (Wildman–Crippen LogP) is 6.25. The molecule has 3 aromatic carbocycles. The Balaban J connectivity index is 1.54. The van der Waals surface area contributed by atoms with Gasteiger partial charge in [-0.25, -0.2) is 8.78 Å². The van der Waals surface area contributed by atoms with Crippen molar-refractivity contribution < 1.29 is 28.2 Å². The number of hydrogen-bond acceptors (Lipinski definition) is 5. The lowest BCUT2D eigenvalue weighted by Gasteiger charge is -2.37. The second kappa shape index (κ2) is 17.4. The van der Waals surface area contributed by atoms with E-state index < -0.39 is 29.7 Å². The van der Waals surface area contributed by atoms with Crippen molar-refractivity contribution in [1.29, 1.82) is 0 Å². The molecule has 0 unspecified atom stereocenters. The van der Waals surface area contributed by atoms with Crippen molar-refractivity contribution in [1.82, 2.24) is 15.5 Å². The van der Waals surface area contributed by atoms with Gasteiger partial charge in [-0.3, -0.25) is 9.59 Å². The van der Waals surface area contributed by atoms with Gasteiger partial charge in [-0.15, -0.1) is 0 Å². The molecule has 2 amide bonds. The highest BCUT2D eigenvalue weighted by Crippen LogP contribution is 2.28. The summed E-state index contributed by atoms with van der Waals surface area (Å²) in [5, 5.41) is 18.1. The van der Waals surface area contributed by atoms with Crippen LogP contribution in [-0.4, -0.2) is 66.8 Å². The van der Waals surface area contributed by atoms with Gasteiger partial charge in [0, 0.05) is 36.3 Å². The largest absolute Gasteiger partial charge is 0.496 e. The summed E-state index contributed by atoms with van der Waals surface area (Å²) >= 11 is 0. The molecule has 1 fully saturated rings. The van der Waals surface area contributed by atoms with Crippen LogP contribution in [0.5, 0.6) is 5.75 Å². The third kappa shape index (κ3) is 10.1. The lowest BCUT2D eigenvalue weighted by Crippen LogP contribution is -2.56. The zero-order valence-corrected chi connectivity index (χ0v) is 28.0. The van der Waals surface area contributed by atoms with E-state index in [1.165, 1.54) is 12.1 Å². The van der Waals surface area contributed by atoms with E-state index in [1.807, 2.05) is 39.0 Å². The Morgan fingerprint density at radius 3 is 2.38 bits per heavy atom. The maximum atomic E-state index is 14.2. The number of para-hydroxylation sites is 1. The molecule has 4 rings (SSSR count). The number of hydrogen-bond donors (Lipinski definition) is 3. The molecule has 1 aliphatic heterocycles. The fourth-order valence-electron chi connectivity index (χ4n) is 6.67. The maximum Gasteiger partial charge on any atom is 0.253 e. The Hall–Kier alpha value is -3.82. The zero-order valence-electron chi connectivity index (χ0n) is 28.0. The first-order valence-electron chi connectivity index (χ1n) is 16.8. The van der Waals surface area contributed by atoms with Gasteiger partial charge in [-0.05, 0) is 117 Å². The Bertz CT molecular complexity index is 1470. The molecule has 1 aliphatic rings. The number of benzene rings is 3. The molecular formula is C38H49F2N3O4. The zero-order chi connectivity index (χ0) is 33.9. The van der Waals surface area contributed by atoms with Crippen molar-refractivity contribution in [2.75, 3.05) is 26.7 Å². The van der Waals surface area contributed by atoms with Crippen LogP contribution >= 0.6 is 0 Å². The minimum absolute atomic E-state index is 0.0179. The fraction of sp³-hybridized carbons (Fsp3) is 0.474. The van der Waals surface area contributed by atoms with Crippen molar-refractivity contribution in [3.05, 3.63) is 100 Å². The van der Waals surface area contributed by atoms with Gasteiger partial charge in [0.2, 0.25) is 0 Å². The van der Waals surface area contributed by atoms with Crippen molar-refractivity contribution in [3.63, 3.8) is 0 Å². The van der Waals surface area contributed by atoms with E-state index in [-0.39, 0.29) is 23.9 Å². The number of aryl methyl sites for hydroxylation is 2. The number of rotatable bonds is 15. The highest BCUT2D eigenvalue weighted by molar-refractivity contribution is 6.00. The van der Waals surface area contributed by atoms with Crippen LogP contribution < -0.4 is 15.4 Å². The minimum atomic E-state index is -1.05. The number of carbonyl (C=O) groups excluding carboxylic acids is 2. The van der Waals surface area contributed by atoms with Crippen molar-refractivity contribution in [2.45, 2.75) is 83.9 Å². The summed E-state index contributed by atoms with van der Waals surface area (Å²) in [4.78, 5) is 28.9. The number of methoxy groups -OCH3 is 1. The number of halogens is 2. The van der Waals surface area contributed by atoms with Gasteiger partial charge in [0.1, 0.15) is 17.4 Å². The number of piperidine rings is 1. The molecule has 3 aromatic rings. The third-order valence-corrected chi connectivity index (χ3v) is 8.94. The van der Waals surface area contributed by atoms with Gasteiger partial charge < -0.3 is 25.4 Å². The van der Waals surface area contributed by atoms with E-state index in [4.69, 9.17) is 4.74 Å². The number of ether oxygens (including phenoxy) is 1. The van der Waals surface area contributed by atoms with Crippen molar-refractivity contribution >= 4 is 11.8 Å². The Labute approximate surface area is 277 Å². The van der Waals surface area contributed by atoms with Crippen LogP contribution in [0, 0.1) is 24.5 Å². The summed E-state index contributed by atoms with van der Waals surface area (Å²) in [6, 6.07) is 15.1. The van der Waals surface area contributed by atoms with E-state index >= 15 is 0 Å². The third-order valence-electron chi connectivity index (χ3n) is 8.94. The van der Waals surface area contributed by atoms with E-state index in [1.54, 1.807) is 30.2 Å². The molecule has 3 N–H and O–H groups in total. The number of aliphatic hydroxyl groups excluding tert-OH is 1. The second-order valence-electron chi connectivity index (χ2n) is 12.7. The molecule has 0 aromatic heterocycles. The van der Waals surface area contributed by atoms with Gasteiger partial charge in [0.25, 0.3) is 11.8 Å². The van der Waals surface area contributed by atoms with Gasteiger partial charge >= 0.3 is 0 Å². The number of nitrogens with one attached hydrogen (secondary N) is 2. The van der Waals surface area contributed by atoms with E-state index in [2.05, 4.69) is 16.7 Å². The number of carbonyl (C=O) groups is 2. The molecule has 0 saturated carbocycles. The molecule has 0 aliphatic carbocycles. The summed E-state index contributed by atoms with van der Waals surface area (Å²) in [6.45, 7) is 7.80. The molecule has 0 radical (unpaired) electrons. The summed E-state index contributed by atoms with van der Waals surface area (Å²) < 4.78 is 33.9. The highest BCUT2D eigenvalue weighted by Gasteiger charge is 2.33. The van der Waals surface area contributed by atoms with E-state index in [0.29, 0.717) is 43.1 Å². The fourth-order valence-corrected chi connectivity index (χ4v) is 6.67. The molecular weight excluding hydrogens is 600 g/mol. The topological polar surface area (TPSA) is 90.9 Å². The van der Waals surface area contributed by atoms with Gasteiger partial charge in [-0.2, -0.15) is 0 Å². The quantitative estimate of drug-likeness (QED) is 0.181. The normalized spacial score (nSPS) is 17.5. The van der Waals surface area contributed by atoms with Crippen molar-refractivity contribution in [3.8, 4) is 5.75 Å². The molecule has 9 heteroatoms. The lowest BCUT2D eigenvalue weighted by atomic mass is 9.83. The smallest absolute Gasteiger partial charge is 0.253 e. The van der Waals surface area contributed by atoms with Crippen molar-refractivity contribution in [2.24, 2.45) is 5.92 Å². The monoisotopic (exact) mass is 649 g/mol. The molecule has 7 nitrogen and oxygen atoms in total. The molecule has 1 heterocycles. The van der Waals surface area contributed by atoms with Crippen LogP contribution in [0.3, 0.4) is 0 Å². The van der Waals surface area contributed by atoms with Gasteiger partial charge in [0.05, 0.1) is 19.3 Å². The Kier molecular flexibility index (Phi) is 13.3. The highest BCUT2D eigenvalue weighted by atomic mass is 19.1. The first-order valence-corrected chi connectivity index (χ1v) is 16.8. The summed E-state index contributed by atoms with van der Waals surface area (Å²) in [5.74, 6) is -0.876. The summed E-state index contributed by atoms with van der Waals surface area (Å²) in [7, 11) is 1.66. The molecule has 0 bridgehead atoms. The molecule has 47 heavy (non-hydrogen) atoms. The van der Waals surface area contributed by atoms with Crippen LogP contribution in [-0.2, 0) is 12.8 Å².